The smallest absolute Gasteiger partial charge is 0.138 e. The Morgan fingerprint density at radius 2 is 2.40 bits per heavy atom. The minimum Gasteiger partial charge on any atom is -0.394 e. The van der Waals surface area contributed by atoms with E-state index in [2.05, 4.69) is 17.0 Å². The molecule has 2 N–H and O–H groups in total. The van der Waals surface area contributed by atoms with Crippen molar-refractivity contribution in [2.45, 2.75) is 31.7 Å². The Morgan fingerprint density at radius 1 is 1.60 bits per heavy atom. The zero-order valence-corrected chi connectivity index (χ0v) is 9.65. The van der Waals surface area contributed by atoms with Crippen molar-refractivity contribution in [1.82, 2.24) is 14.8 Å². The fourth-order valence-corrected chi connectivity index (χ4v) is 2.04. The number of aryl methyl sites for hydroxylation is 1. The summed E-state index contributed by atoms with van der Waals surface area (Å²) in [6.45, 7) is 2.78. The Morgan fingerprint density at radius 3 is 3.07 bits per heavy atom. The Hall–Kier alpha value is -0.590. The largest absolute Gasteiger partial charge is 0.394 e. The third-order valence-electron chi connectivity index (χ3n) is 1.88. The molecule has 0 spiro atoms. The van der Waals surface area contributed by atoms with E-state index in [1.165, 1.54) is 0 Å². The number of hydrogen-bond acceptors (Lipinski definition) is 5. The molecule has 1 unspecified atom stereocenters. The van der Waals surface area contributed by atoms with Crippen LogP contribution in [0.5, 0.6) is 0 Å². The van der Waals surface area contributed by atoms with Crippen molar-refractivity contribution in [3.05, 3.63) is 12.2 Å². The van der Waals surface area contributed by atoms with Gasteiger partial charge in [-0.25, -0.2) is 9.67 Å². The minimum atomic E-state index is -0.641. The van der Waals surface area contributed by atoms with E-state index >= 15 is 0 Å². The van der Waals surface area contributed by atoms with Crippen LogP contribution in [0.3, 0.4) is 0 Å². The lowest BCUT2D eigenvalue weighted by Crippen LogP contribution is -2.15. The number of nitrogens with zero attached hydrogens (tertiary/aromatic N) is 3. The molecule has 1 heterocycles. The molecule has 0 aliphatic carbocycles. The molecule has 0 radical (unpaired) electrons. The molecule has 0 saturated carbocycles. The summed E-state index contributed by atoms with van der Waals surface area (Å²) >= 11 is 1.55. The highest BCUT2D eigenvalue weighted by Crippen LogP contribution is 2.11. The lowest BCUT2D eigenvalue weighted by molar-refractivity contribution is 0.113. The lowest BCUT2D eigenvalue weighted by atomic mass is 10.4. The first-order valence-electron chi connectivity index (χ1n) is 5.01. The van der Waals surface area contributed by atoms with Crippen LogP contribution in [0.25, 0.3) is 0 Å². The van der Waals surface area contributed by atoms with E-state index in [0.717, 1.165) is 24.5 Å². The summed E-state index contributed by atoms with van der Waals surface area (Å²) in [6.07, 6.45) is 1.94. The Balaban J connectivity index is 2.33. The maximum Gasteiger partial charge on any atom is 0.138 e. The molecule has 1 aromatic heterocycles. The van der Waals surface area contributed by atoms with Gasteiger partial charge in [0.15, 0.2) is 0 Å². The van der Waals surface area contributed by atoms with Crippen molar-refractivity contribution in [2.24, 2.45) is 0 Å². The predicted octanol–water partition coefficient (Wildman–Crippen LogP) is 0.275. The van der Waals surface area contributed by atoms with Gasteiger partial charge in [0.05, 0.1) is 18.5 Å². The minimum absolute atomic E-state index is 0.186. The van der Waals surface area contributed by atoms with E-state index < -0.39 is 6.10 Å². The number of hydrogen-bond donors (Lipinski definition) is 2. The first-order chi connectivity index (χ1) is 7.27. The average molecular weight is 231 g/mol. The molecule has 1 aromatic rings. The number of thioether (sulfide) groups is 1. The van der Waals surface area contributed by atoms with Crippen molar-refractivity contribution in [3.8, 4) is 0 Å². The van der Waals surface area contributed by atoms with Crippen LogP contribution >= 0.6 is 11.8 Å². The molecule has 15 heavy (non-hydrogen) atoms. The van der Waals surface area contributed by atoms with Crippen LogP contribution in [0.15, 0.2) is 6.33 Å². The van der Waals surface area contributed by atoms with Crippen molar-refractivity contribution in [1.29, 1.82) is 0 Å². The molecular formula is C9H17N3O2S. The van der Waals surface area contributed by atoms with Crippen LogP contribution in [0, 0.1) is 0 Å². The topological polar surface area (TPSA) is 71.2 Å². The maximum atomic E-state index is 9.15. The predicted molar refractivity (Wildman–Crippen MR) is 59.6 cm³/mol. The Kier molecular flexibility index (Phi) is 5.67. The van der Waals surface area contributed by atoms with Crippen molar-refractivity contribution < 1.29 is 10.2 Å². The second-order valence-corrected chi connectivity index (χ2v) is 4.28. The Bertz CT molecular complexity index is 280. The second-order valence-electron chi connectivity index (χ2n) is 3.25. The van der Waals surface area contributed by atoms with E-state index in [9.17, 15) is 0 Å². The highest BCUT2D eigenvalue weighted by atomic mass is 32.2. The van der Waals surface area contributed by atoms with Gasteiger partial charge in [-0.1, -0.05) is 6.92 Å². The highest BCUT2D eigenvalue weighted by molar-refractivity contribution is 7.98. The van der Waals surface area contributed by atoms with E-state index in [-0.39, 0.29) is 6.61 Å². The van der Waals surface area contributed by atoms with Gasteiger partial charge in [0.25, 0.3) is 0 Å². The molecule has 0 amide bonds. The van der Waals surface area contributed by atoms with Crippen LogP contribution in [0.1, 0.15) is 19.2 Å². The van der Waals surface area contributed by atoms with Gasteiger partial charge in [0, 0.05) is 12.3 Å². The quantitative estimate of drug-likeness (QED) is 0.705. The van der Waals surface area contributed by atoms with E-state index in [0.29, 0.717) is 5.75 Å². The summed E-state index contributed by atoms with van der Waals surface area (Å²) in [4.78, 5) is 4.14. The van der Waals surface area contributed by atoms with Crippen LogP contribution in [-0.4, -0.2) is 43.4 Å². The second kappa shape index (κ2) is 6.81. The molecule has 6 heteroatoms. The van der Waals surface area contributed by atoms with E-state index in [1.807, 2.05) is 4.68 Å². The van der Waals surface area contributed by atoms with Gasteiger partial charge in [-0.3, -0.25) is 0 Å². The van der Waals surface area contributed by atoms with Gasteiger partial charge < -0.3 is 10.2 Å². The van der Waals surface area contributed by atoms with Crippen molar-refractivity contribution in [3.63, 3.8) is 0 Å². The summed E-state index contributed by atoms with van der Waals surface area (Å²) < 4.78 is 1.87. The monoisotopic (exact) mass is 231 g/mol. The van der Waals surface area contributed by atoms with Crippen LogP contribution in [0.2, 0.25) is 0 Å². The molecule has 0 aliphatic rings. The fraction of sp³-hybridized carbons (Fsp3) is 0.778. The molecular weight excluding hydrogens is 214 g/mol. The van der Waals surface area contributed by atoms with Crippen LogP contribution in [0.4, 0.5) is 0 Å². The third-order valence-corrected chi connectivity index (χ3v) is 2.97. The molecule has 1 atom stereocenters. The zero-order chi connectivity index (χ0) is 11.1. The van der Waals surface area contributed by atoms with Gasteiger partial charge in [0.2, 0.25) is 0 Å². The van der Waals surface area contributed by atoms with Crippen LogP contribution in [-0.2, 0) is 12.3 Å². The summed E-state index contributed by atoms with van der Waals surface area (Å²) in [7, 11) is 0. The van der Waals surface area contributed by atoms with E-state index in [1.54, 1.807) is 18.1 Å². The highest BCUT2D eigenvalue weighted by Gasteiger charge is 2.06. The SMILES string of the molecule is CCCn1ncnc1CSCC(O)CO. The molecule has 0 fully saturated rings. The fourth-order valence-electron chi connectivity index (χ4n) is 1.14. The summed E-state index contributed by atoms with van der Waals surface area (Å²) in [5.41, 5.74) is 0. The standard InChI is InChI=1S/C9H17N3O2S/c1-2-3-12-9(10-7-11-12)6-15-5-8(14)4-13/h7-8,13-14H,2-6H2,1H3. The molecule has 0 aliphatic heterocycles. The number of rotatable bonds is 7. The zero-order valence-electron chi connectivity index (χ0n) is 8.83. The van der Waals surface area contributed by atoms with Gasteiger partial charge in [-0.05, 0) is 6.42 Å². The molecule has 86 valence electrons. The van der Waals surface area contributed by atoms with Crippen LogP contribution < -0.4 is 0 Å². The number of aliphatic hydroxyl groups excluding tert-OH is 2. The average Bonchev–Trinajstić information content (AvgIpc) is 2.66. The molecule has 1 rings (SSSR count). The van der Waals surface area contributed by atoms with Gasteiger partial charge >= 0.3 is 0 Å². The summed E-state index contributed by atoms with van der Waals surface area (Å²) in [5.74, 6) is 2.17. The lowest BCUT2D eigenvalue weighted by Gasteiger charge is -2.07. The van der Waals surface area contributed by atoms with Crippen molar-refractivity contribution >= 4 is 11.8 Å². The number of aliphatic hydroxyl groups is 2. The van der Waals surface area contributed by atoms with Gasteiger partial charge in [-0.2, -0.15) is 16.9 Å². The van der Waals surface area contributed by atoms with Gasteiger partial charge in [-0.15, -0.1) is 0 Å². The molecule has 0 aromatic carbocycles. The normalized spacial score (nSPS) is 13.0. The third kappa shape index (κ3) is 4.19. The first kappa shape index (κ1) is 12.5. The molecule has 5 nitrogen and oxygen atoms in total. The van der Waals surface area contributed by atoms with Crippen molar-refractivity contribution in [2.75, 3.05) is 12.4 Å². The molecule has 0 bridgehead atoms. The van der Waals surface area contributed by atoms with E-state index in [4.69, 9.17) is 10.2 Å². The molecule has 0 saturated heterocycles. The van der Waals surface area contributed by atoms with Gasteiger partial charge in [0.1, 0.15) is 12.2 Å². The summed E-state index contributed by atoms with van der Waals surface area (Å²) in [6, 6.07) is 0. The first-order valence-corrected chi connectivity index (χ1v) is 6.16. The maximum absolute atomic E-state index is 9.15. The summed E-state index contributed by atoms with van der Waals surface area (Å²) in [5, 5.41) is 21.9. The number of aromatic nitrogens is 3. The Labute approximate surface area is 93.5 Å².